The van der Waals surface area contributed by atoms with Gasteiger partial charge in [0.05, 0.1) is 17.7 Å². The first-order chi connectivity index (χ1) is 12.9. The number of ether oxygens (including phenoxy) is 1. The molecule has 0 aliphatic heterocycles. The molecule has 0 aliphatic carbocycles. The second-order valence-electron chi connectivity index (χ2n) is 5.91. The van der Waals surface area contributed by atoms with Crippen LogP contribution in [-0.2, 0) is 4.79 Å². The monoisotopic (exact) mass is 370 g/mol. The summed E-state index contributed by atoms with van der Waals surface area (Å²) >= 11 is 0. The molecule has 2 aromatic carbocycles. The zero-order valence-corrected chi connectivity index (χ0v) is 15.0. The van der Waals surface area contributed by atoms with Crippen LogP contribution in [0.1, 0.15) is 12.8 Å². The van der Waals surface area contributed by atoms with Crippen molar-refractivity contribution in [2.75, 3.05) is 17.7 Å². The summed E-state index contributed by atoms with van der Waals surface area (Å²) in [6, 6.07) is 8.73. The summed E-state index contributed by atoms with van der Waals surface area (Å²) in [4.78, 5) is 27.2. The number of aromatic nitrogens is 1. The predicted molar refractivity (Wildman–Crippen MR) is 100 cm³/mol. The van der Waals surface area contributed by atoms with E-state index < -0.39 is 11.0 Å². The number of hydrogen-bond acceptors (Lipinski definition) is 7. The SMILES string of the molecule is COc1ccc([N+](=O)[O-])cc1NC(=O)[C@@H](C)Nc1ccc2oc(C)nc2c1. The highest BCUT2D eigenvalue weighted by Crippen LogP contribution is 2.29. The fourth-order valence-corrected chi connectivity index (χ4v) is 2.60. The van der Waals surface area contributed by atoms with E-state index in [1.807, 2.05) is 0 Å². The van der Waals surface area contributed by atoms with Gasteiger partial charge >= 0.3 is 0 Å². The van der Waals surface area contributed by atoms with Crippen molar-refractivity contribution in [3.05, 3.63) is 52.4 Å². The molecule has 0 saturated heterocycles. The predicted octanol–water partition coefficient (Wildman–Crippen LogP) is 3.49. The summed E-state index contributed by atoms with van der Waals surface area (Å²) in [7, 11) is 1.42. The van der Waals surface area contributed by atoms with Crippen molar-refractivity contribution >= 4 is 34.1 Å². The second kappa shape index (κ2) is 7.32. The lowest BCUT2D eigenvalue weighted by Gasteiger charge is -2.16. The van der Waals surface area contributed by atoms with Crippen molar-refractivity contribution in [1.29, 1.82) is 0 Å². The first kappa shape index (κ1) is 18.2. The molecule has 9 nitrogen and oxygen atoms in total. The molecule has 0 fully saturated rings. The number of amides is 1. The summed E-state index contributed by atoms with van der Waals surface area (Å²) in [5, 5.41) is 16.7. The molecule has 3 aromatic rings. The van der Waals surface area contributed by atoms with Crippen molar-refractivity contribution in [3.63, 3.8) is 0 Å². The van der Waals surface area contributed by atoms with Crippen LogP contribution in [0.25, 0.3) is 11.1 Å². The molecule has 140 valence electrons. The number of benzene rings is 2. The molecule has 27 heavy (non-hydrogen) atoms. The molecule has 9 heteroatoms. The van der Waals surface area contributed by atoms with Gasteiger partial charge in [-0.3, -0.25) is 14.9 Å². The van der Waals surface area contributed by atoms with Gasteiger partial charge in [-0.25, -0.2) is 4.98 Å². The minimum absolute atomic E-state index is 0.140. The highest BCUT2D eigenvalue weighted by atomic mass is 16.6. The van der Waals surface area contributed by atoms with Crippen LogP contribution < -0.4 is 15.4 Å². The highest BCUT2D eigenvalue weighted by Gasteiger charge is 2.18. The number of nitro groups is 1. The Morgan fingerprint density at radius 1 is 1.30 bits per heavy atom. The van der Waals surface area contributed by atoms with Crippen LogP contribution in [0.4, 0.5) is 17.1 Å². The molecule has 0 bridgehead atoms. The number of hydrogen-bond donors (Lipinski definition) is 2. The number of carbonyl (C=O) groups is 1. The van der Waals surface area contributed by atoms with Crippen LogP contribution in [0.5, 0.6) is 5.75 Å². The molecular weight excluding hydrogens is 352 g/mol. The van der Waals surface area contributed by atoms with E-state index in [2.05, 4.69) is 15.6 Å². The van der Waals surface area contributed by atoms with Crippen LogP contribution in [0.15, 0.2) is 40.8 Å². The van der Waals surface area contributed by atoms with Crippen molar-refractivity contribution in [2.45, 2.75) is 19.9 Å². The van der Waals surface area contributed by atoms with E-state index in [4.69, 9.17) is 9.15 Å². The number of anilines is 2. The molecular formula is C18H18N4O5. The van der Waals surface area contributed by atoms with Gasteiger partial charge in [-0.1, -0.05) is 0 Å². The third-order valence-corrected chi connectivity index (χ3v) is 3.92. The highest BCUT2D eigenvalue weighted by molar-refractivity contribution is 5.98. The normalized spacial score (nSPS) is 11.8. The summed E-state index contributed by atoms with van der Waals surface area (Å²) in [5.41, 5.74) is 2.14. The van der Waals surface area contributed by atoms with Gasteiger partial charge in [0.2, 0.25) is 5.91 Å². The maximum atomic E-state index is 12.5. The minimum atomic E-state index is -0.612. The molecule has 0 unspecified atom stereocenters. The third-order valence-electron chi connectivity index (χ3n) is 3.92. The number of oxazole rings is 1. The maximum absolute atomic E-state index is 12.5. The van der Waals surface area contributed by atoms with Gasteiger partial charge in [0.15, 0.2) is 11.5 Å². The van der Waals surface area contributed by atoms with Gasteiger partial charge in [-0.15, -0.1) is 0 Å². The molecule has 1 heterocycles. The van der Waals surface area contributed by atoms with E-state index in [0.717, 1.165) is 0 Å². The number of non-ortho nitro benzene ring substituents is 1. The van der Waals surface area contributed by atoms with E-state index >= 15 is 0 Å². The Bertz CT molecular complexity index is 1010. The first-order valence-electron chi connectivity index (χ1n) is 8.14. The Balaban J connectivity index is 1.75. The number of fused-ring (bicyclic) bond motifs is 1. The number of nitrogens with one attached hydrogen (secondary N) is 2. The number of aryl methyl sites for hydroxylation is 1. The van der Waals surface area contributed by atoms with Crippen molar-refractivity contribution in [1.82, 2.24) is 4.98 Å². The molecule has 3 rings (SSSR count). The summed E-state index contributed by atoms with van der Waals surface area (Å²) in [5.74, 6) is 0.525. The van der Waals surface area contributed by atoms with Crippen LogP contribution in [-0.4, -0.2) is 29.0 Å². The molecule has 0 saturated carbocycles. The van der Waals surface area contributed by atoms with Gasteiger partial charge in [0.25, 0.3) is 5.69 Å². The fraction of sp³-hybridized carbons (Fsp3) is 0.222. The second-order valence-corrected chi connectivity index (χ2v) is 5.91. The average Bonchev–Trinajstić information content (AvgIpc) is 3.00. The topological polar surface area (TPSA) is 120 Å². The lowest BCUT2D eigenvalue weighted by Crippen LogP contribution is -2.32. The third kappa shape index (κ3) is 3.97. The first-order valence-corrected chi connectivity index (χ1v) is 8.14. The Morgan fingerprint density at radius 3 is 2.78 bits per heavy atom. The molecule has 0 spiro atoms. The van der Waals surface area contributed by atoms with Crippen LogP contribution >= 0.6 is 0 Å². The Hall–Kier alpha value is -3.62. The van der Waals surface area contributed by atoms with Gasteiger partial charge in [0, 0.05) is 24.7 Å². The summed E-state index contributed by atoms with van der Waals surface area (Å²) < 4.78 is 10.6. The Labute approximate surface area is 154 Å². The van der Waals surface area contributed by atoms with Gasteiger partial charge in [0.1, 0.15) is 17.3 Å². The van der Waals surface area contributed by atoms with E-state index in [1.165, 1.54) is 25.3 Å². The quantitative estimate of drug-likeness (QED) is 0.503. The van der Waals surface area contributed by atoms with Gasteiger partial charge < -0.3 is 19.8 Å². The lowest BCUT2D eigenvalue weighted by molar-refractivity contribution is -0.384. The zero-order valence-electron chi connectivity index (χ0n) is 15.0. The van der Waals surface area contributed by atoms with E-state index in [1.54, 1.807) is 32.0 Å². The van der Waals surface area contributed by atoms with E-state index in [-0.39, 0.29) is 17.3 Å². The average molecular weight is 370 g/mol. The Kier molecular flexibility index (Phi) is 4.93. The zero-order chi connectivity index (χ0) is 19.6. The molecule has 1 amide bonds. The van der Waals surface area contributed by atoms with Crippen molar-refractivity contribution < 1.29 is 18.9 Å². The smallest absolute Gasteiger partial charge is 0.271 e. The van der Waals surface area contributed by atoms with Crippen LogP contribution in [0.2, 0.25) is 0 Å². The summed E-state index contributed by atoms with van der Waals surface area (Å²) in [6.45, 7) is 3.44. The molecule has 1 atom stereocenters. The minimum Gasteiger partial charge on any atom is -0.495 e. The van der Waals surface area contributed by atoms with Crippen molar-refractivity contribution in [2.24, 2.45) is 0 Å². The number of nitro benzene ring substituents is 1. The number of nitrogens with zero attached hydrogens (tertiary/aromatic N) is 2. The molecule has 0 radical (unpaired) electrons. The van der Waals surface area contributed by atoms with Gasteiger partial charge in [-0.2, -0.15) is 0 Å². The lowest BCUT2D eigenvalue weighted by atomic mass is 10.2. The number of methoxy groups -OCH3 is 1. The molecule has 0 aliphatic rings. The largest absolute Gasteiger partial charge is 0.495 e. The molecule has 1 aromatic heterocycles. The van der Waals surface area contributed by atoms with E-state index in [0.29, 0.717) is 28.4 Å². The molecule has 2 N–H and O–H groups in total. The van der Waals surface area contributed by atoms with Crippen molar-refractivity contribution in [3.8, 4) is 5.75 Å². The number of rotatable bonds is 6. The summed E-state index contributed by atoms with van der Waals surface area (Å²) in [6.07, 6.45) is 0. The van der Waals surface area contributed by atoms with Gasteiger partial charge in [-0.05, 0) is 31.2 Å². The standard InChI is InChI=1S/C18H18N4O5/c1-10(19-12-4-6-17-14(8-12)20-11(2)27-17)18(23)21-15-9-13(22(24)25)5-7-16(15)26-3/h4-10,19H,1-3H3,(H,21,23)/t10-/m1/s1. The van der Waals surface area contributed by atoms with E-state index in [9.17, 15) is 14.9 Å². The maximum Gasteiger partial charge on any atom is 0.271 e. The van der Waals surface area contributed by atoms with Crippen LogP contribution in [0.3, 0.4) is 0 Å². The van der Waals surface area contributed by atoms with Crippen LogP contribution in [0, 0.1) is 17.0 Å². The number of carbonyl (C=O) groups excluding carboxylic acids is 1. The fourth-order valence-electron chi connectivity index (χ4n) is 2.60. The Morgan fingerprint density at radius 2 is 2.07 bits per heavy atom.